The summed E-state index contributed by atoms with van der Waals surface area (Å²) in [7, 11) is -4.49. The third kappa shape index (κ3) is 3.25. The molecule has 0 unspecified atom stereocenters. The number of carbonyl (C=O) groups excluding carboxylic acids is 1. The van der Waals surface area contributed by atoms with Gasteiger partial charge in [0.15, 0.2) is 0 Å². The van der Waals surface area contributed by atoms with Gasteiger partial charge in [-0.2, -0.15) is 21.6 Å². The molecule has 0 atom stereocenters. The molecule has 0 N–H and O–H groups in total. The number of halogens is 3. The van der Waals surface area contributed by atoms with Gasteiger partial charge in [-0.1, -0.05) is 0 Å². The minimum atomic E-state index is -5.65. The molecule has 5 nitrogen and oxygen atoms in total. The summed E-state index contributed by atoms with van der Waals surface area (Å²) >= 11 is 0. The fraction of sp³-hybridized carbons (Fsp3) is 0.444. The molecule has 1 aliphatic carbocycles. The molecule has 0 saturated carbocycles. The van der Waals surface area contributed by atoms with Crippen LogP contribution in [0.4, 0.5) is 13.2 Å². The van der Waals surface area contributed by atoms with Crippen LogP contribution in [0.5, 0.6) is 0 Å². The lowest BCUT2D eigenvalue weighted by Gasteiger charge is -2.15. The monoisotopic (exact) mass is 286 g/mol. The van der Waals surface area contributed by atoms with E-state index < -0.39 is 21.6 Å². The Kier molecular flexibility index (Phi) is 4.05. The molecule has 18 heavy (non-hydrogen) atoms. The molecule has 0 radical (unpaired) electrons. The number of hydrogen-bond acceptors (Lipinski definition) is 5. The maximum atomic E-state index is 12.0. The van der Waals surface area contributed by atoms with Crippen LogP contribution >= 0.6 is 0 Å². The largest absolute Gasteiger partial charge is 0.534 e. The molecule has 0 aromatic rings. The minimum Gasteiger partial charge on any atom is -0.466 e. The Labute approximate surface area is 101 Å². The van der Waals surface area contributed by atoms with Crippen molar-refractivity contribution in [1.82, 2.24) is 0 Å². The van der Waals surface area contributed by atoms with Crippen LogP contribution in [0.2, 0.25) is 0 Å². The van der Waals surface area contributed by atoms with Gasteiger partial charge in [0.25, 0.3) is 0 Å². The molecule has 1 aliphatic rings. The highest BCUT2D eigenvalue weighted by Gasteiger charge is 2.48. The summed E-state index contributed by atoms with van der Waals surface area (Å²) in [6.45, 7) is 0. The summed E-state index contributed by atoms with van der Waals surface area (Å²) in [6.07, 6.45) is 2.08. The van der Waals surface area contributed by atoms with Crippen LogP contribution in [0.3, 0.4) is 0 Å². The molecular formula is C9H9F3O5S. The van der Waals surface area contributed by atoms with E-state index in [0.717, 1.165) is 19.3 Å². The standard InChI is InChI=1S/C9H9F3O5S/c1-16-8(13)6-2-4-7(5-3-6)17-18(14,15)9(10,11)12/h2,4H,3,5H2,1H3. The van der Waals surface area contributed by atoms with Crippen LogP contribution < -0.4 is 0 Å². The zero-order chi connectivity index (χ0) is 14.0. The quantitative estimate of drug-likeness (QED) is 0.448. The van der Waals surface area contributed by atoms with Crippen LogP contribution in [-0.2, 0) is 23.8 Å². The van der Waals surface area contributed by atoms with E-state index in [1.54, 1.807) is 0 Å². The smallest absolute Gasteiger partial charge is 0.466 e. The van der Waals surface area contributed by atoms with Crippen LogP contribution in [0.15, 0.2) is 23.5 Å². The van der Waals surface area contributed by atoms with Gasteiger partial charge in [-0.25, -0.2) is 4.79 Å². The van der Waals surface area contributed by atoms with Gasteiger partial charge in [-0.3, -0.25) is 0 Å². The lowest BCUT2D eigenvalue weighted by molar-refractivity contribution is -0.136. The molecule has 0 aromatic heterocycles. The Balaban J connectivity index is 2.82. The normalized spacial score (nSPS) is 16.7. The van der Waals surface area contributed by atoms with Crippen molar-refractivity contribution in [3.8, 4) is 0 Å². The topological polar surface area (TPSA) is 69.7 Å². The lowest BCUT2D eigenvalue weighted by atomic mass is 10.0. The van der Waals surface area contributed by atoms with Crippen LogP contribution in [0.1, 0.15) is 12.8 Å². The fourth-order valence-electron chi connectivity index (χ4n) is 1.18. The van der Waals surface area contributed by atoms with E-state index in [1.165, 1.54) is 0 Å². The van der Waals surface area contributed by atoms with Gasteiger partial charge < -0.3 is 8.92 Å². The van der Waals surface area contributed by atoms with Crippen LogP contribution in [-0.4, -0.2) is 27.0 Å². The van der Waals surface area contributed by atoms with Gasteiger partial charge in [-0.05, 0) is 18.6 Å². The molecular weight excluding hydrogens is 277 g/mol. The van der Waals surface area contributed by atoms with Crippen LogP contribution in [0, 0.1) is 0 Å². The number of methoxy groups -OCH3 is 1. The van der Waals surface area contributed by atoms with Crippen molar-refractivity contribution in [2.75, 3.05) is 7.11 Å². The van der Waals surface area contributed by atoms with Crippen molar-refractivity contribution < 1.29 is 35.3 Å². The molecule has 1 rings (SSSR count). The van der Waals surface area contributed by atoms with E-state index in [-0.39, 0.29) is 24.2 Å². The third-order valence-electron chi connectivity index (χ3n) is 2.06. The number of hydrogen-bond donors (Lipinski definition) is 0. The summed E-state index contributed by atoms with van der Waals surface area (Å²) in [5, 5.41) is 0. The first kappa shape index (κ1) is 14.6. The maximum Gasteiger partial charge on any atom is 0.534 e. The highest BCUT2D eigenvalue weighted by Crippen LogP contribution is 2.29. The molecule has 0 bridgehead atoms. The first-order valence-corrected chi connectivity index (χ1v) is 6.07. The first-order valence-electron chi connectivity index (χ1n) is 4.66. The van der Waals surface area contributed by atoms with E-state index in [4.69, 9.17) is 0 Å². The molecule has 0 fully saturated rings. The average Bonchev–Trinajstić information content (AvgIpc) is 2.27. The van der Waals surface area contributed by atoms with E-state index >= 15 is 0 Å². The van der Waals surface area contributed by atoms with Crippen molar-refractivity contribution in [3.05, 3.63) is 23.5 Å². The highest BCUT2D eigenvalue weighted by atomic mass is 32.2. The number of ether oxygens (including phenoxy) is 1. The molecule has 0 aliphatic heterocycles. The molecule has 0 spiro atoms. The second-order valence-electron chi connectivity index (χ2n) is 3.30. The Morgan fingerprint density at radius 1 is 1.28 bits per heavy atom. The Hall–Kier alpha value is -1.51. The van der Waals surface area contributed by atoms with Gasteiger partial charge in [0.05, 0.1) is 7.11 Å². The number of esters is 1. The van der Waals surface area contributed by atoms with Crippen molar-refractivity contribution in [1.29, 1.82) is 0 Å². The lowest BCUT2D eigenvalue weighted by Crippen LogP contribution is -2.25. The SMILES string of the molecule is COC(=O)C1=CC=C(OS(=O)(=O)C(F)(F)F)CC1. The zero-order valence-corrected chi connectivity index (χ0v) is 9.97. The second-order valence-corrected chi connectivity index (χ2v) is 4.84. The van der Waals surface area contributed by atoms with Gasteiger partial charge in [-0.15, -0.1) is 0 Å². The summed E-state index contributed by atoms with van der Waals surface area (Å²) < 4.78 is 65.8. The Morgan fingerprint density at radius 3 is 2.28 bits per heavy atom. The molecule has 0 saturated heterocycles. The number of alkyl halides is 3. The summed E-state index contributed by atoms with van der Waals surface area (Å²) in [6, 6.07) is 0. The van der Waals surface area contributed by atoms with E-state index in [0.29, 0.717) is 0 Å². The predicted octanol–water partition coefficient (Wildman–Crippen LogP) is 1.63. The van der Waals surface area contributed by atoms with Crippen molar-refractivity contribution in [2.24, 2.45) is 0 Å². The average molecular weight is 286 g/mol. The van der Waals surface area contributed by atoms with Gasteiger partial charge in [0, 0.05) is 12.0 Å². The molecule has 0 amide bonds. The maximum absolute atomic E-state index is 12.0. The van der Waals surface area contributed by atoms with E-state index in [2.05, 4.69) is 8.92 Å². The van der Waals surface area contributed by atoms with Crippen molar-refractivity contribution >= 4 is 16.1 Å². The van der Waals surface area contributed by atoms with Crippen LogP contribution in [0.25, 0.3) is 0 Å². The third-order valence-corrected chi connectivity index (χ3v) is 3.06. The number of rotatable bonds is 3. The number of allylic oxidation sites excluding steroid dienone is 3. The Bertz CT molecular complexity index is 501. The van der Waals surface area contributed by atoms with Crippen molar-refractivity contribution in [3.63, 3.8) is 0 Å². The predicted molar refractivity (Wildman–Crippen MR) is 53.5 cm³/mol. The second kappa shape index (κ2) is 5.01. The zero-order valence-electron chi connectivity index (χ0n) is 9.15. The summed E-state index contributed by atoms with van der Waals surface area (Å²) in [5.41, 5.74) is -5.24. The van der Waals surface area contributed by atoms with Crippen molar-refractivity contribution in [2.45, 2.75) is 18.3 Å². The van der Waals surface area contributed by atoms with E-state index in [1.807, 2.05) is 0 Å². The number of carbonyl (C=O) groups is 1. The molecule has 9 heteroatoms. The van der Waals surface area contributed by atoms with E-state index in [9.17, 15) is 26.4 Å². The minimum absolute atomic E-state index is 0.0475. The Morgan fingerprint density at radius 2 is 1.89 bits per heavy atom. The summed E-state index contributed by atoms with van der Waals surface area (Å²) in [4.78, 5) is 11.1. The molecule has 0 heterocycles. The highest BCUT2D eigenvalue weighted by molar-refractivity contribution is 7.87. The molecule has 102 valence electrons. The summed E-state index contributed by atoms with van der Waals surface area (Å²) in [5.74, 6) is -0.996. The van der Waals surface area contributed by atoms with Gasteiger partial charge in [0.1, 0.15) is 5.76 Å². The first-order chi connectivity index (χ1) is 8.17. The fourth-order valence-corrected chi connectivity index (χ4v) is 1.69. The van der Waals surface area contributed by atoms with Gasteiger partial charge in [0.2, 0.25) is 0 Å². The molecule has 0 aromatic carbocycles. The van der Waals surface area contributed by atoms with Gasteiger partial charge >= 0.3 is 21.6 Å².